The van der Waals surface area contributed by atoms with Crippen LogP contribution in [0.25, 0.3) is 11.1 Å². The first-order valence-corrected chi connectivity index (χ1v) is 4.94. The minimum Gasteiger partial charge on any atom is -0.383 e. The Labute approximate surface area is 88.8 Å². The normalized spacial score (nSPS) is 10.5. The second-order valence-electron chi connectivity index (χ2n) is 3.52. The van der Waals surface area contributed by atoms with E-state index in [1.54, 1.807) is 10.9 Å². The Kier molecular flexibility index (Phi) is 2.41. The van der Waals surface area contributed by atoms with Crippen molar-refractivity contribution in [2.75, 3.05) is 5.73 Å². The fraction of sp³-hybridized carbons (Fsp3) is 0.273. The molecule has 0 bridgehead atoms. The van der Waals surface area contributed by atoms with Crippen LogP contribution < -0.4 is 5.73 Å². The summed E-state index contributed by atoms with van der Waals surface area (Å²) in [6.07, 6.45) is 6.47. The highest BCUT2D eigenvalue weighted by Crippen LogP contribution is 2.21. The Morgan fingerprint density at radius 2 is 2.13 bits per heavy atom. The minimum atomic E-state index is 0.616. The third-order valence-electron chi connectivity index (χ3n) is 2.42. The predicted molar refractivity (Wildman–Crippen MR) is 60.2 cm³/mol. The Bertz CT molecular complexity index is 473. The summed E-state index contributed by atoms with van der Waals surface area (Å²) in [5, 5.41) is 4.13. The molecule has 0 aliphatic rings. The molecule has 0 saturated heterocycles. The average Bonchev–Trinajstić information content (AvgIpc) is 2.66. The molecule has 4 nitrogen and oxygen atoms in total. The Hall–Kier alpha value is -1.84. The second-order valence-corrected chi connectivity index (χ2v) is 3.52. The van der Waals surface area contributed by atoms with Crippen molar-refractivity contribution in [1.82, 2.24) is 14.8 Å². The van der Waals surface area contributed by atoms with Crippen molar-refractivity contribution in [2.45, 2.75) is 13.3 Å². The highest BCUT2D eigenvalue weighted by Gasteiger charge is 2.04. The van der Waals surface area contributed by atoms with Gasteiger partial charge in [0.25, 0.3) is 0 Å². The summed E-state index contributed by atoms with van der Waals surface area (Å²) < 4.78 is 1.78. The molecule has 0 atom stereocenters. The average molecular weight is 202 g/mol. The molecule has 0 radical (unpaired) electrons. The molecular formula is C11H14N4. The summed E-state index contributed by atoms with van der Waals surface area (Å²) in [5.74, 6) is 0.616. The number of hydrogen-bond donors (Lipinski definition) is 1. The number of aryl methyl sites for hydroxylation is 2. The van der Waals surface area contributed by atoms with Gasteiger partial charge in [-0.05, 0) is 18.1 Å². The number of nitrogen functional groups attached to an aromatic ring is 1. The van der Waals surface area contributed by atoms with Crippen LogP contribution in [-0.4, -0.2) is 14.8 Å². The van der Waals surface area contributed by atoms with E-state index in [1.165, 1.54) is 0 Å². The van der Waals surface area contributed by atoms with Crippen LogP contribution in [0, 0.1) is 0 Å². The third-order valence-corrected chi connectivity index (χ3v) is 2.42. The monoisotopic (exact) mass is 202 g/mol. The van der Waals surface area contributed by atoms with E-state index in [9.17, 15) is 0 Å². The molecular weight excluding hydrogens is 188 g/mol. The van der Waals surface area contributed by atoms with Crippen LogP contribution >= 0.6 is 0 Å². The lowest BCUT2D eigenvalue weighted by Gasteiger charge is -2.03. The highest BCUT2D eigenvalue weighted by molar-refractivity contribution is 5.63. The molecule has 0 spiro atoms. The van der Waals surface area contributed by atoms with E-state index >= 15 is 0 Å². The van der Waals surface area contributed by atoms with Crippen molar-refractivity contribution in [1.29, 1.82) is 0 Å². The maximum absolute atomic E-state index is 5.75. The van der Waals surface area contributed by atoms with Gasteiger partial charge in [-0.15, -0.1) is 0 Å². The standard InChI is InChI=1S/C11H14N4/c1-3-8-4-9(5-13-11(8)12)10-6-14-15(2)7-10/h4-7H,3H2,1-2H3,(H2,12,13). The lowest BCUT2D eigenvalue weighted by molar-refractivity contribution is 0.768. The largest absolute Gasteiger partial charge is 0.383 e. The van der Waals surface area contributed by atoms with Gasteiger partial charge in [0.2, 0.25) is 0 Å². The quantitative estimate of drug-likeness (QED) is 0.805. The van der Waals surface area contributed by atoms with Gasteiger partial charge in [0.15, 0.2) is 0 Å². The molecule has 0 fully saturated rings. The van der Waals surface area contributed by atoms with Crippen molar-refractivity contribution in [3.63, 3.8) is 0 Å². The summed E-state index contributed by atoms with van der Waals surface area (Å²) in [6, 6.07) is 2.07. The zero-order chi connectivity index (χ0) is 10.8. The molecule has 2 heterocycles. The molecule has 0 aliphatic carbocycles. The molecule has 15 heavy (non-hydrogen) atoms. The van der Waals surface area contributed by atoms with E-state index in [2.05, 4.69) is 23.1 Å². The highest BCUT2D eigenvalue weighted by atomic mass is 15.2. The topological polar surface area (TPSA) is 56.7 Å². The maximum atomic E-state index is 5.75. The molecule has 2 aromatic heterocycles. The van der Waals surface area contributed by atoms with Gasteiger partial charge < -0.3 is 5.73 Å². The van der Waals surface area contributed by atoms with E-state index in [0.29, 0.717) is 5.82 Å². The van der Waals surface area contributed by atoms with Crippen molar-refractivity contribution >= 4 is 5.82 Å². The van der Waals surface area contributed by atoms with Crippen LogP contribution in [0.4, 0.5) is 5.82 Å². The molecule has 78 valence electrons. The number of hydrogen-bond acceptors (Lipinski definition) is 3. The Morgan fingerprint density at radius 1 is 1.33 bits per heavy atom. The molecule has 2 N–H and O–H groups in total. The first kappa shape index (κ1) is 9.71. The van der Waals surface area contributed by atoms with E-state index < -0.39 is 0 Å². The van der Waals surface area contributed by atoms with Crippen LogP contribution in [0.1, 0.15) is 12.5 Å². The van der Waals surface area contributed by atoms with Gasteiger partial charge >= 0.3 is 0 Å². The first-order chi connectivity index (χ1) is 7.20. The summed E-state index contributed by atoms with van der Waals surface area (Å²) >= 11 is 0. The molecule has 2 rings (SSSR count). The van der Waals surface area contributed by atoms with Gasteiger partial charge in [-0.1, -0.05) is 6.92 Å². The molecule has 0 unspecified atom stereocenters. The molecule has 0 amide bonds. The molecule has 0 aliphatic heterocycles. The van der Waals surface area contributed by atoms with Crippen LogP contribution in [0.2, 0.25) is 0 Å². The van der Waals surface area contributed by atoms with Crippen molar-refractivity contribution in [2.24, 2.45) is 7.05 Å². The summed E-state index contributed by atoms with van der Waals surface area (Å²) in [4.78, 5) is 4.18. The Morgan fingerprint density at radius 3 is 2.73 bits per heavy atom. The van der Waals surface area contributed by atoms with Crippen LogP contribution in [0.5, 0.6) is 0 Å². The number of rotatable bonds is 2. The fourth-order valence-electron chi connectivity index (χ4n) is 1.53. The zero-order valence-electron chi connectivity index (χ0n) is 8.94. The van der Waals surface area contributed by atoms with E-state index in [0.717, 1.165) is 23.1 Å². The van der Waals surface area contributed by atoms with Crippen LogP contribution in [0.3, 0.4) is 0 Å². The number of aromatic nitrogens is 3. The number of pyridine rings is 1. The van der Waals surface area contributed by atoms with Crippen molar-refractivity contribution in [3.8, 4) is 11.1 Å². The first-order valence-electron chi connectivity index (χ1n) is 4.94. The summed E-state index contributed by atoms with van der Waals surface area (Å²) in [5.41, 5.74) is 8.96. The van der Waals surface area contributed by atoms with Gasteiger partial charge in [0.1, 0.15) is 5.82 Å². The van der Waals surface area contributed by atoms with Crippen LogP contribution in [0.15, 0.2) is 24.7 Å². The molecule has 4 heteroatoms. The third kappa shape index (κ3) is 1.83. The van der Waals surface area contributed by atoms with Gasteiger partial charge in [-0.2, -0.15) is 5.10 Å². The minimum absolute atomic E-state index is 0.616. The maximum Gasteiger partial charge on any atom is 0.126 e. The van der Waals surface area contributed by atoms with Crippen molar-refractivity contribution in [3.05, 3.63) is 30.2 Å². The van der Waals surface area contributed by atoms with E-state index in [4.69, 9.17) is 5.73 Å². The van der Waals surface area contributed by atoms with Crippen molar-refractivity contribution < 1.29 is 0 Å². The smallest absolute Gasteiger partial charge is 0.126 e. The SMILES string of the molecule is CCc1cc(-c2cnn(C)c2)cnc1N. The molecule has 0 aromatic carbocycles. The van der Waals surface area contributed by atoms with Gasteiger partial charge in [-0.3, -0.25) is 4.68 Å². The number of nitrogens with two attached hydrogens (primary N) is 1. The lowest BCUT2D eigenvalue weighted by atomic mass is 10.1. The summed E-state index contributed by atoms with van der Waals surface area (Å²) in [6.45, 7) is 2.07. The van der Waals surface area contributed by atoms with Gasteiger partial charge in [0.05, 0.1) is 6.20 Å². The number of anilines is 1. The van der Waals surface area contributed by atoms with E-state index in [-0.39, 0.29) is 0 Å². The molecule has 0 saturated carbocycles. The van der Waals surface area contributed by atoms with Crippen LogP contribution in [-0.2, 0) is 13.5 Å². The summed E-state index contributed by atoms with van der Waals surface area (Å²) in [7, 11) is 1.90. The van der Waals surface area contributed by atoms with Gasteiger partial charge in [-0.25, -0.2) is 4.98 Å². The number of nitrogens with zero attached hydrogens (tertiary/aromatic N) is 3. The van der Waals surface area contributed by atoms with Gasteiger partial charge in [0, 0.05) is 30.6 Å². The lowest BCUT2D eigenvalue weighted by Crippen LogP contribution is -1.96. The second kappa shape index (κ2) is 3.73. The van der Waals surface area contributed by atoms with E-state index in [1.807, 2.05) is 19.4 Å². The fourth-order valence-corrected chi connectivity index (χ4v) is 1.53. The predicted octanol–water partition coefficient (Wildman–Crippen LogP) is 1.63. The zero-order valence-corrected chi connectivity index (χ0v) is 8.94. The Balaban J connectivity index is 2.45. The molecule has 2 aromatic rings.